The maximum absolute atomic E-state index is 14.2. The van der Waals surface area contributed by atoms with E-state index in [1.807, 2.05) is 47.9 Å². The first-order chi connectivity index (χ1) is 19.3. The molecule has 5 rings (SSSR count). The number of halogens is 1. The lowest BCUT2D eigenvalue weighted by Crippen LogP contribution is -2.09. The predicted molar refractivity (Wildman–Crippen MR) is 151 cm³/mol. The molecule has 204 valence electrons. The third-order valence-electron chi connectivity index (χ3n) is 6.66. The van der Waals surface area contributed by atoms with Gasteiger partial charge in [0.05, 0.1) is 28.9 Å². The summed E-state index contributed by atoms with van der Waals surface area (Å²) in [6.45, 7) is 2.89. The first kappa shape index (κ1) is 26.8. The number of anilines is 1. The molecule has 3 N–H and O–H groups in total. The summed E-state index contributed by atoms with van der Waals surface area (Å²) in [7, 11) is 1.62. The van der Waals surface area contributed by atoms with Gasteiger partial charge in [-0.05, 0) is 54.4 Å². The molecule has 0 aliphatic carbocycles. The molecule has 0 saturated carbocycles. The molecule has 0 amide bonds. The van der Waals surface area contributed by atoms with Crippen molar-refractivity contribution in [3.63, 3.8) is 0 Å². The van der Waals surface area contributed by atoms with Gasteiger partial charge in [-0.25, -0.2) is 19.2 Å². The molecule has 8 nitrogen and oxygen atoms in total. The van der Waals surface area contributed by atoms with Crippen LogP contribution in [0.1, 0.15) is 32.9 Å². The number of imidazole rings is 1. The zero-order chi connectivity index (χ0) is 28.2. The summed E-state index contributed by atoms with van der Waals surface area (Å²) in [5.41, 5.74) is 12.3. The lowest BCUT2D eigenvalue weighted by atomic mass is 10.0. The van der Waals surface area contributed by atoms with Crippen molar-refractivity contribution >= 4 is 22.7 Å². The van der Waals surface area contributed by atoms with Crippen LogP contribution < -0.4 is 10.5 Å². The Kier molecular flexibility index (Phi) is 7.75. The number of fused-ring (bicyclic) bond motifs is 1. The first-order valence-electron chi connectivity index (χ1n) is 12.8. The Morgan fingerprint density at radius 2 is 1.90 bits per heavy atom. The Morgan fingerprint density at radius 1 is 1.05 bits per heavy atom. The Labute approximate surface area is 230 Å². The Morgan fingerprint density at radius 3 is 2.65 bits per heavy atom. The van der Waals surface area contributed by atoms with Crippen molar-refractivity contribution in [1.82, 2.24) is 14.5 Å². The molecule has 0 bridgehead atoms. The summed E-state index contributed by atoms with van der Waals surface area (Å²) in [6, 6.07) is 21.1. The molecule has 2 aromatic heterocycles. The molecular formula is C31H29FN4O4. The molecule has 0 unspecified atom stereocenters. The Balaban J connectivity index is 1.37. The van der Waals surface area contributed by atoms with Crippen LogP contribution in [0.4, 0.5) is 10.1 Å². The molecule has 9 heteroatoms. The van der Waals surface area contributed by atoms with E-state index < -0.39 is 5.97 Å². The number of benzene rings is 3. The Hall–Kier alpha value is -4.76. The summed E-state index contributed by atoms with van der Waals surface area (Å²) < 4.78 is 27.2. The number of carboxylic acids is 1. The fraction of sp³-hybridized carbons (Fsp3) is 0.194. The minimum atomic E-state index is -0.989. The number of methoxy groups -OCH3 is 1. The molecule has 3 aromatic carbocycles. The Bertz CT molecular complexity index is 1700. The minimum Gasteiger partial charge on any atom is -0.478 e. The van der Waals surface area contributed by atoms with Gasteiger partial charge in [0.25, 0.3) is 0 Å². The maximum Gasteiger partial charge on any atom is 0.335 e. The smallest absolute Gasteiger partial charge is 0.335 e. The van der Waals surface area contributed by atoms with E-state index in [2.05, 4.69) is 4.98 Å². The number of hydrogen-bond donors (Lipinski definition) is 2. The molecule has 0 aliphatic heterocycles. The number of aryl methyl sites for hydroxylation is 1. The monoisotopic (exact) mass is 540 g/mol. The van der Waals surface area contributed by atoms with E-state index in [-0.39, 0.29) is 18.0 Å². The molecule has 0 radical (unpaired) electrons. The van der Waals surface area contributed by atoms with E-state index in [0.29, 0.717) is 47.9 Å². The largest absolute Gasteiger partial charge is 0.478 e. The predicted octanol–water partition coefficient (Wildman–Crippen LogP) is 5.64. The third kappa shape index (κ3) is 5.79. The maximum atomic E-state index is 14.2. The highest BCUT2D eigenvalue weighted by molar-refractivity contribution is 5.92. The number of nitrogens with zero attached hydrogens (tertiary/aromatic N) is 3. The number of nitrogens with two attached hydrogens (primary N) is 1. The van der Waals surface area contributed by atoms with Gasteiger partial charge >= 0.3 is 5.97 Å². The summed E-state index contributed by atoms with van der Waals surface area (Å²) in [5, 5.41) is 9.43. The zero-order valence-electron chi connectivity index (χ0n) is 22.2. The van der Waals surface area contributed by atoms with E-state index in [4.69, 9.17) is 20.2 Å². The molecule has 0 fully saturated rings. The normalized spacial score (nSPS) is 11.2. The molecular weight excluding hydrogens is 511 g/mol. The number of nitrogen functional groups attached to an aromatic ring is 1. The number of aromatic carboxylic acids is 1. The van der Waals surface area contributed by atoms with Crippen LogP contribution in [0.2, 0.25) is 0 Å². The van der Waals surface area contributed by atoms with Crippen LogP contribution in [-0.2, 0) is 24.3 Å². The fourth-order valence-electron chi connectivity index (χ4n) is 4.58. The molecule has 5 aromatic rings. The average molecular weight is 541 g/mol. The van der Waals surface area contributed by atoms with Crippen LogP contribution in [0.15, 0.2) is 72.8 Å². The van der Waals surface area contributed by atoms with Crippen molar-refractivity contribution in [2.75, 3.05) is 19.5 Å². The lowest BCUT2D eigenvalue weighted by Gasteiger charge is -2.12. The van der Waals surface area contributed by atoms with E-state index >= 15 is 0 Å². The van der Waals surface area contributed by atoms with Crippen LogP contribution >= 0.6 is 0 Å². The molecule has 0 atom stereocenters. The van der Waals surface area contributed by atoms with Crippen molar-refractivity contribution in [3.8, 4) is 17.1 Å². The third-order valence-corrected chi connectivity index (χ3v) is 6.66. The van der Waals surface area contributed by atoms with Crippen molar-refractivity contribution in [2.24, 2.45) is 0 Å². The summed E-state index contributed by atoms with van der Waals surface area (Å²) in [6.07, 6.45) is 0.490. The van der Waals surface area contributed by atoms with Crippen LogP contribution in [0.5, 0.6) is 5.88 Å². The van der Waals surface area contributed by atoms with Crippen LogP contribution in [0, 0.1) is 12.7 Å². The van der Waals surface area contributed by atoms with Crippen molar-refractivity contribution in [3.05, 3.63) is 107 Å². The van der Waals surface area contributed by atoms with Gasteiger partial charge in [0.2, 0.25) is 5.88 Å². The number of aromatic nitrogens is 3. The van der Waals surface area contributed by atoms with Crippen LogP contribution in [-0.4, -0.2) is 39.3 Å². The van der Waals surface area contributed by atoms with Gasteiger partial charge in [0, 0.05) is 43.0 Å². The minimum absolute atomic E-state index is 0.0645. The van der Waals surface area contributed by atoms with Crippen LogP contribution in [0.3, 0.4) is 0 Å². The van der Waals surface area contributed by atoms with Gasteiger partial charge in [0.1, 0.15) is 18.2 Å². The van der Waals surface area contributed by atoms with Gasteiger partial charge < -0.3 is 24.9 Å². The van der Waals surface area contributed by atoms with Crippen molar-refractivity contribution in [2.45, 2.75) is 26.5 Å². The highest BCUT2D eigenvalue weighted by Crippen LogP contribution is 2.29. The SMILES string of the molecule is COCCn1c(Cc2ccc(-c3cccc(OCc4ccc(C)cc4F)n3)c(N)c2)nc2ccc(C(=O)O)cc21. The van der Waals surface area contributed by atoms with Gasteiger partial charge in [-0.1, -0.05) is 30.3 Å². The van der Waals surface area contributed by atoms with Gasteiger partial charge in [-0.15, -0.1) is 0 Å². The second-order valence-corrected chi connectivity index (χ2v) is 9.52. The molecule has 0 saturated heterocycles. The van der Waals surface area contributed by atoms with E-state index in [1.165, 1.54) is 6.07 Å². The zero-order valence-corrected chi connectivity index (χ0v) is 22.2. The van der Waals surface area contributed by atoms with Gasteiger partial charge in [-0.2, -0.15) is 0 Å². The standard InChI is InChI=1S/C31H29FN4O4/c1-19-6-8-22(24(32)14-19)18-40-30-5-3-4-26(35-30)23-10-7-20(15-25(23)33)16-29-34-27-11-9-21(31(37)38)17-28(27)36(29)12-13-39-2/h3-11,14-15,17H,12-13,16,18,33H2,1-2H3,(H,37,38). The van der Waals surface area contributed by atoms with Gasteiger partial charge in [-0.3, -0.25) is 0 Å². The van der Waals surface area contributed by atoms with Crippen LogP contribution in [0.25, 0.3) is 22.3 Å². The highest BCUT2D eigenvalue weighted by atomic mass is 19.1. The lowest BCUT2D eigenvalue weighted by molar-refractivity contribution is 0.0697. The number of carboxylic acid groups (broad SMARTS) is 1. The number of ether oxygens (including phenoxy) is 2. The number of pyridine rings is 1. The number of hydrogen-bond acceptors (Lipinski definition) is 6. The molecule has 0 spiro atoms. The first-order valence-corrected chi connectivity index (χ1v) is 12.8. The average Bonchev–Trinajstić information content (AvgIpc) is 3.27. The van der Waals surface area contributed by atoms with E-state index in [1.54, 1.807) is 37.4 Å². The van der Waals surface area contributed by atoms with Gasteiger partial charge in [0.15, 0.2) is 0 Å². The van der Waals surface area contributed by atoms with E-state index in [0.717, 1.165) is 28.0 Å². The summed E-state index contributed by atoms with van der Waals surface area (Å²) in [4.78, 5) is 20.8. The van der Waals surface area contributed by atoms with E-state index in [9.17, 15) is 14.3 Å². The second-order valence-electron chi connectivity index (χ2n) is 9.52. The van der Waals surface area contributed by atoms with Crippen molar-refractivity contribution in [1.29, 1.82) is 0 Å². The second kappa shape index (κ2) is 11.5. The molecule has 2 heterocycles. The highest BCUT2D eigenvalue weighted by Gasteiger charge is 2.15. The molecule has 40 heavy (non-hydrogen) atoms. The summed E-state index contributed by atoms with van der Waals surface area (Å²) >= 11 is 0. The quantitative estimate of drug-likeness (QED) is 0.220. The number of carbonyl (C=O) groups is 1. The molecule has 0 aliphatic rings. The summed E-state index contributed by atoms with van der Waals surface area (Å²) in [5.74, 6) is -0.155. The fourth-order valence-corrected chi connectivity index (χ4v) is 4.58. The van der Waals surface area contributed by atoms with Crippen molar-refractivity contribution < 1.29 is 23.8 Å². The number of rotatable bonds is 10. The topological polar surface area (TPSA) is 112 Å².